The van der Waals surface area contributed by atoms with Gasteiger partial charge in [0.2, 0.25) is 0 Å². The standard InChI is InChI=1S/C16H25ClN2O3/c1-16(2,3)19-15(20)11-22-14-6-5-13(17)9-12(14)10-18-7-8-21-4/h5-6,9,18H,7-8,10-11H2,1-4H3,(H,19,20). The number of nitrogens with one attached hydrogen (secondary N) is 2. The van der Waals surface area contributed by atoms with Crippen molar-refractivity contribution in [3.05, 3.63) is 28.8 Å². The number of carbonyl (C=O) groups is 1. The van der Waals surface area contributed by atoms with Crippen LogP contribution in [0.25, 0.3) is 0 Å². The Morgan fingerprint density at radius 3 is 2.68 bits per heavy atom. The summed E-state index contributed by atoms with van der Waals surface area (Å²) in [5.41, 5.74) is 0.637. The quantitative estimate of drug-likeness (QED) is 0.719. The molecule has 0 unspecified atom stereocenters. The third kappa shape index (κ3) is 7.64. The first kappa shape index (κ1) is 18.7. The molecular formula is C16H25ClN2O3. The van der Waals surface area contributed by atoms with E-state index in [-0.39, 0.29) is 18.1 Å². The Morgan fingerprint density at radius 2 is 2.05 bits per heavy atom. The van der Waals surface area contributed by atoms with Gasteiger partial charge in [-0.1, -0.05) is 11.6 Å². The highest BCUT2D eigenvalue weighted by atomic mass is 35.5. The molecule has 0 aliphatic carbocycles. The van der Waals surface area contributed by atoms with Crippen LogP contribution in [0.2, 0.25) is 5.02 Å². The molecular weight excluding hydrogens is 304 g/mol. The second kappa shape index (κ2) is 8.98. The average Bonchev–Trinajstić information content (AvgIpc) is 2.41. The van der Waals surface area contributed by atoms with E-state index in [0.717, 1.165) is 12.1 Å². The molecule has 6 heteroatoms. The van der Waals surface area contributed by atoms with E-state index in [4.69, 9.17) is 21.1 Å². The number of carbonyl (C=O) groups excluding carboxylic acids is 1. The molecule has 0 aliphatic heterocycles. The molecule has 0 spiro atoms. The highest BCUT2D eigenvalue weighted by Crippen LogP contribution is 2.22. The Kier molecular flexibility index (Phi) is 7.65. The fourth-order valence-corrected chi connectivity index (χ4v) is 2.02. The van der Waals surface area contributed by atoms with Gasteiger partial charge in [-0.15, -0.1) is 0 Å². The number of hydrogen-bond donors (Lipinski definition) is 2. The molecule has 1 amide bonds. The Labute approximate surface area is 137 Å². The van der Waals surface area contributed by atoms with Gasteiger partial charge in [-0.05, 0) is 39.0 Å². The van der Waals surface area contributed by atoms with Crippen LogP contribution in [0, 0.1) is 0 Å². The molecule has 2 N–H and O–H groups in total. The Morgan fingerprint density at radius 1 is 1.32 bits per heavy atom. The minimum atomic E-state index is -0.273. The van der Waals surface area contributed by atoms with Crippen molar-refractivity contribution in [1.82, 2.24) is 10.6 Å². The van der Waals surface area contributed by atoms with Crippen molar-refractivity contribution in [3.63, 3.8) is 0 Å². The summed E-state index contributed by atoms with van der Waals surface area (Å²) in [6.07, 6.45) is 0. The highest BCUT2D eigenvalue weighted by Gasteiger charge is 2.14. The maximum absolute atomic E-state index is 11.8. The summed E-state index contributed by atoms with van der Waals surface area (Å²) in [5, 5.41) is 6.72. The number of amides is 1. The van der Waals surface area contributed by atoms with Crippen LogP contribution in [0.4, 0.5) is 0 Å². The molecule has 1 aromatic carbocycles. The molecule has 0 radical (unpaired) electrons. The van der Waals surface area contributed by atoms with Crippen LogP contribution < -0.4 is 15.4 Å². The molecule has 0 aromatic heterocycles. The molecule has 124 valence electrons. The third-order valence-corrected chi connectivity index (χ3v) is 2.93. The average molecular weight is 329 g/mol. The zero-order valence-corrected chi connectivity index (χ0v) is 14.4. The maximum Gasteiger partial charge on any atom is 0.258 e. The van der Waals surface area contributed by atoms with Gasteiger partial charge in [0, 0.05) is 36.3 Å². The van der Waals surface area contributed by atoms with Crippen molar-refractivity contribution >= 4 is 17.5 Å². The fourth-order valence-electron chi connectivity index (χ4n) is 1.82. The maximum atomic E-state index is 11.8. The number of halogens is 1. The van der Waals surface area contributed by atoms with E-state index in [9.17, 15) is 4.79 Å². The van der Waals surface area contributed by atoms with E-state index in [1.165, 1.54) is 0 Å². The van der Waals surface area contributed by atoms with Crippen molar-refractivity contribution in [2.75, 3.05) is 26.9 Å². The summed E-state index contributed by atoms with van der Waals surface area (Å²) < 4.78 is 10.6. The first-order valence-electron chi connectivity index (χ1n) is 7.24. The van der Waals surface area contributed by atoms with Crippen LogP contribution in [0.15, 0.2) is 18.2 Å². The summed E-state index contributed by atoms with van der Waals surface area (Å²) >= 11 is 6.02. The van der Waals surface area contributed by atoms with Crippen molar-refractivity contribution in [2.24, 2.45) is 0 Å². The van der Waals surface area contributed by atoms with Crippen LogP contribution >= 0.6 is 11.6 Å². The SMILES string of the molecule is COCCNCc1cc(Cl)ccc1OCC(=O)NC(C)(C)C. The van der Waals surface area contributed by atoms with Crippen LogP contribution in [0.5, 0.6) is 5.75 Å². The van der Waals surface area contributed by atoms with E-state index >= 15 is 0 Å². The number of rotatable bonds is 8. The Balaban J connectivity index is 2.59. The Hall–Kier alpha value is -1.30. The number of benzene rings is 1. The lowest BCUT2D eigenvalue weighted by Gasteiger charge is -2.21. The van der Waals surface area contributed by atoms with Gasteiger partial charge < -0.3 is 20.1 Å². The minimum absolute atomic E-state index is 0.0238. The minimum Gasteiger partial charge on any atom is -0.483 e. The predicted octanol–water partition coefficient (Wildman–Crippen LogP) is 2.37. The molecule has 0 fully saturated rings. The molecule has 0 heterocycles. The number of hydrogen-bond acceptors (Lipinski definition) is 4. The first-order chi connectivity index (χ1) is 10.3. The molecule has 5 nitrogen and oxygen atoms in total. The largest absolute Gasteiger partial charge is 0.483 e. The van der Waals surface area contributed by atoms with E-state index in [0.29, 0.717) is 23.9 Å². The topological polar surface area (TPSA) is 59.6 Å². The zero-order valence-electron chi connectivity index (χ0n) is 13.7. The molecule has 1 rings (SSSR count). The molecule has 0 saturated carbocycles. The van der Waals surface area contributed by atoms with E-state index in [1.807, 2.05) is 26.8 Å². The number of methoxy groups -OCH3 is 1. The second-order valence-corrected chi connectivity index (χ2v) is 6.44. The molecule has 0 atom stereocenters. The van der Waals surface area contributed by atoms with E-state index in [2.05, 4.69) is 10.6 Å². The van der Waals surface area contributed by atoms with Crippen molar-refractivity contribution in [2.45, 2.75) is 32.9 Å². The summed E-state index contributed by atoms with van der Waals surface area (Å²) in [7, 11) is 1.66. The lowest BCUT2D eigenvalue weighted by molar-refractivity contribution is -0.124. The van der Waals surface area contributed by atoms with Crippen molar-refractivity contribution in [1.29, 1.82) is 0 Å². The lowest BCUT2D eigenvalue weighted by Crippen LogP contribution is -2.43. The zero-order chi connectivity index (χ0) is 16.6. The van der Waals surface area contributed by atoms with Crippen molar-refractivity contribution in [3.8, 4) is 5.75 Å². The summed E-state index contributed by atoms with van der Waals surface area (Å²) in [4.78, 5) is 11.8. The van der Waals surface area contributed by atoms with E-state index in [1.54, 1.807) is 19.2 Å². The summed E-state index contributed by atoms with van der Waals surface area (Å²) in [6.45, 7) is 7.72. The van der Waals surface area contributed by atoms with Gasteiger partial charge in [0.15, 0.2) is 6.61 Å². The molecule has 0 aliphatic rings. The predicted molar refractivity (Wildman–Crippen MR) is 88.4 cm³/mol. The van der Waals surface area contributed by atoms with Crippen LogP contribution in [-0.2, 0) is 16.1 Å². The molecule has 22 heavy (non-hydrogen) atoms. The molecule has 0 saturated heterocycles. The lowest BCUT2D eigenvalue weighted by atomic mass is 10.1. The normalized spacial score (nSPS) is 11.3. The fraction of sp³-hybridized carbons (Fsp3) is 0.562. The van der Waals surface area contributed by atoms with Gasteiger partial charge in [-0.25, -0.2) is 0 Å². The smallest absolute Gasteiger partial charge is 0.258 e. The van der Waals surface area contributed by atoms with Gasteiger partial charge in [-0.2, -0.15) is 0 Å². The third-order valence-electron chi connectivity index (χ3n) is 2.69. The van der Waals surface area contributed by atoms with Gasteiger partial charge in [0.25, 0.3) is 5.91 Å². The molecule has 1 aromatic rings. The molecule has 0 bridgehead atoms. The number of ether oxygens (including phenoxy) is 2. The van der Waals surface area contributed by atoms with E-state index < -0.39 is 0 Å². The van der Waals surface area contributed by atoms with Gasteiger partial charge in [0.1, 0.15) is 5.75 Å². The first-order valence-corrected chi connectivity index (χ1v) is 7.61. The summed E-state index contributed by atoms with van der Waals surface area (Å²) in [6, 6.07) is 5.36. The second-order valence-electron chi connectivity index (χ2n) is 6.01. The highest BCUT2D eigenvalue weighted by molar-refractivity contribution is 6.30. The van der Waals surface area contributed by atoms with Gasteiger partial charge >= 0.3 is 0 Å². The van der Waals surface area contributed by atoms with Gasteiger partial charge in [0.05, 0.1) is 6.61 Å². The monoisotopic (exact) mass is 328 g/mol. The summed E-state index contributed by atoms with van der Waals surface area (Å²) in [5.74, 6) is 0.499. The van der Waals surface area contributed by atoms with Crippen LogP contribution in [0.3, 0.4) is 0 Å². The van der Waals surface area contributed by atoms with Crippen molar-refractivity contribution < 1.29 is 14.3 Å². The Bertz CT molecular complexity index is 487. The van der Waals surface area contributed by atoms with Crippen LogP contribution in [-0.4, -0.2) is 38.3 Å². The van der Waals surface area contributed by atoms with Crippen LogP contribution in [0.1, 0.15) is 26.3 Å². The van der Waals surface area contributed by atoms with Gasteiger partial charge in [-0.3, -0.25) is 4.79 Å².